The number of carbonyl (C=O) groups excluding carboxylic acids is 2. The summed E-state index contributed by atoms with van der Waals surface area (Å²) in [6.45, 7) is 0.890. The van der Waals surface area contributed by atoms with Crippen LogP contribution in [0.2, 0.25) is 0 Å². The van der Waals surface area contributed by atoms with Gasteiger partial charge in [-0.25, -0.2) is 4.39 Å². The molecule has 148 valence electrons. The lowest BCUT2D eigenvalue weighted by Crippen LogP contribution is -2.48. The molecular weight excluding hydrogens is 365 g/mol. The Bertz CT molecular complexity index is 830. The van der Waals surface area contributed by atoms with Gasteiger partial charge >= 0.3 is 5.97 Å². The van der Waals surface area contributed by atoms with Crippen molar-refractivity contribution < 1.29 is 28.2 Å². The van der Waals surface area contributed by atoms with Crippen LogP contribution < -0.4 is 5.32 Å². The van der Waals surface area contributed by atoms with Crippen LogP contribution in [0.4, 0.5) is 4.39 Å². The topological polar surface area (TPSA) is 73.9 Å². The normalized spacial score (nSPS) is 14.8. The molecular formula is C21H22FNO5. The molecule has 0 radical (unpaired) electrons. The highest BCUT2D eigenvalue weighted by Crippen LogP contribution is 2.33. The summed E-state index contributed by atoms with van der Waals surface area (Å²) in [5.74, 6) is -1.43. The second-order valence-electron chi connectivity index (χ2n) is 6.57. The van der Waals surface area contributed by atoms with Gasteiger partial charge in [-0.15, -0.1) is 0 Å². The third-order valence-corrected chi connectivity index (χ3v) is 4.60. The molecule has 1 aliphatic rings. The van der Waals surface area contributed by atoms with E-state index in [0.717, 1.165) is 11.6 Å². The largest absolute Gasteiger partial charge is 0.461 e. The maximum atomic E-state index is 14.0. The molecule has 0 aromatic heterocycles. The van der Waals surface area contributed by atoms with Gasteiger partial charge in [-0.3, -0.25) is 9.59 Å². The number of carbonyl (C=O) groups is 2. The lowest BCUT2D eigenvalue weighted by atomic mass is 9.90. The molecule has 1 heterocycles. The zero-order valence-electron chi connectivity index (χ0n) is 15.6. The Morgan fingerprint density at radius 2 is 1.93 bits per heavy atom. The third kappa shape index (κ3) is 4.74. The van der Waals surface area contributed by atoms with Gasteiger partial charge in [0.1, 0.15) is 18.0 Å². The first-order chi connectivity index (χ1) is 13.5. The van der Waals surface area contributed by atoms with Crippen LogP contribution in [0.15, 0.2) is 48.5 Å². The first kappa shape index (κ1) is 20.0. The highest BCUT2D eigenvalue weighted by molar-refractivity contribution is 5.94. The van der Waals surface area contributed by atoms with E-state index in [0.29, 0.717) is 18.8 Å². The molecule has 0 unspecified atom stereocenters. The molecule has 3 rings (SSSR count). The predicted octanol–water partition coefficient (Wildman–Crippen LogP) is 2.56. The number of rotatable bonds is 8. The minimum absolute atomic E-state index is 0.0244. The van der Waals surface area contributed by atoms with Gasteiger partial charge in [0.05, 0.1) is 19.6 Å². The Hall–Kier alpha value is -2.77. The summed E-state index contributed by atoms with van der Waals surface area (Å²) < 4.78 is 29.7. The van der Waals surface area contributed by atoms with Crippen LogP contribution in [0.25, 0.3) is 0 Å². The van der Waals surface area contributed by atoms with E-state index in [2.05, 4.69) is 5.32 Å². The van der Waals surface area contributed by atoms with Crippen molar-refractivity contribution in [2.45, 2.75) is 18.6 Å². The fourth-order valence-corrected chi connectivity index (χ4v) is 2.86. The zero-order valence-corrected chi connectivity index (χ0v) is 15.6. The van der Waals surface area contributed by atoms with Crippen molar-refractivity contribution in [3.05, 3.63) is 71.0 Å². The third-order valence-electron chi connectivity index (χ3n) is 4.60. The molecule has 1 N–H and O–H groups in total. The van der Waals surface area contributed by atoms with Gasteiger partial charge in [0.25, 0.3) is 5.91 Å². The standard InChI is InChI=1S/C21H22FNO5/c1-26-21(13-27-14-21)17-9-16(10-18(22)11-17)20(25)23-8-7-19(24)28-12-15-5-3-2-4-6-15/h2-6,9-11H,7-8,12-14H2,1H3,(H,23,25). The molecule has 6 nitrogen and oxygen atoms in total. The van der Waals surface area contributed by atoms with E-state index < -0.39 is 23.3 Å². The van der Waals surface area contributed by atoms with Crippen LogP contribution >= 0.6 is 0 Å². The number of benzene rings is 2. The highest BCUT2D eigenvalue weighted by Gasteiger charge is 2.41. The number of halogens is 1. The summed E-state index contributed by atoms with van der Waals surface area (Å²) in [7, 11) is 1.52. The molecule has 28 heavy (non-hydrogen) atoms. The summed E-state index contributed by atoms with van der Waals surface area (Å²) in [5.41, 5.74) is 0.877. The van der Waals surface area contributed by atoms with E-state index in [1.54, 1.807) is 6.07 Å². The molecule has 0 aliphatic carbocycles. The van der Waals surface area contributed by atoms with Crippen molar-refractivity contribution in [1.82, 2.24) is 5.32 Å². The summed E-state index contributed by atoms with van der Waals surface area (Å²) in [4.78, 5) is 24.1. The van der Waals surface area contributed by atoms with Crippen molar-refractivity contribution in [1.29, 1.82) is 0 Å². The van der Waals surface area contributed by atoms with Crippen molar-refractivity contribution in [2.24, 2.45) is 0 Å². The lowest BCUT2D eigenvalue weighted by Gasteiger charge is -2.40. The molecule has 1 fully saturated rings. The van der Waals surface area contributed by atoms with Crippen LogP contribution in [-0.2, 0) is 31.2 Å². The monoisotopic (exact) mass is 387 g/mol. The number of ether oxygens (including phenoxy) is 3. The molecule has 1 aliphatic heterocycles. The number of methoxy groups -OCH3 is 1. The van der Waals surface area contributed by atoms with Crippen molar-refractivity contribution in [3.63, 3.8) is 0 Å². The average molecular weight is 387 g/mol. The Kier molecular flexibility index (Phi) is 6.38. The Morgan fingerprint density at radius 1 is 1.18 bits per heavy atom. The smallest absolute Gasteiger partial charge is 0.307 e. The molecule has 0 atom stereocenters. The van der Waals surface area contributed by atoms with Crippen molar-refractivity contribution >= 4 is 11.9 Å². The maximum absolute atomic E-state index is 14.0. The van der Waals surface area contributed by atoms with Crippen molar-refractivity contribution in [2.75, 3.05) is 26.9 Å². The van der Waals surface area contributed by atoms with Crippen LogP contribution in [0.5, 0.6) is 0 Å². The first-order valence-corrected chi connectivity index (χ1v) is 8.94. The molecule has 0 spiro atoms. The second-order valence-corrected chi connectivity index (χ2v) is 6.57. The van der Waals surface area contributed by atoms with Gasteiger partial charge in [-0.2, -0.15) is 0 Å². The maximum Gasteiger partial charge on any atom is 0.307 e. The zero-order chi connectivity index (χ0) is 20.0. The van der Waals surface area contributed by atoms with Crippen molar-refractivity contribution in [3.8, 4) is 0 Å². The van der Waals surface area contributed by atoms with Gasteiger partial charge in [0.2, 0.25) is 0 Å². The summed E-state index contributed by atoms with van der Waals surface area (Å²) in [6.07, 6.45) is 0.0244. The van der Waals surface area contributed by atoms with Crippen LogP contribution in [0.3, 0.4) is 0 Å². The van der Waals surface area contributed by atoms with Gasteiger partial charge in [-0.05, 0) is 29.3 Å². The number of esters is 1. The summed E-state index contributed by atoms with van der Waals surface area (Å²) in [6, 6.07) is 13.4. The first-order valence-electron chi connectivity index (χ1n) is 8.94. The van der Waals surface area contributed by atoms with E-state index in [4.69, 9.17) is 14.2 Å². The van der Waals surface area contributed by atoms with E-state index in [1.807, 2.05) is 30.3 Å². The molecule has 2 aromatic rings. The van der Waals surface area contributed by atoms with Crippen LogP contribution in [-0.4, -0.2) is 38.7 Å². The van der Waals surface area contributed by atoms with Crippen LogP contribution in [0.1, 0.15) is 27.9 Å². The molecule has 1 saturated heterocycles. The number of nitrogens with one attached hydrogen (secondary N) is 1. The SMILES string of the molecule is COC1(c2cc(F)cc(C(=O)NCCC(=O)OCc3ccccc3)c2)COC1. The number of amides is 1. The lowest BCUT2D eigenvalue weighted by molar-refractivity contribution is -0.202. The Morgan fingerprint density at radius 3 is 2.57 bits per heavy atom. The van der Waals surface area contributed by atoms with E-state index in [9.17, 15) is 14.0 Å². The molecule has 7 heteroatoms. The molecule has 1 amide bonds. The molecule has 2 aromatic carbocycles. The van der Waals surface area contributed by atoms with Gasteiger partial charge in [0, 0.05) is 19.2 Å². The molecule has 0 bridgehead atoms. The number of hydrogen-bond acceptors (Lipinski definition) is 5. The van der Waals surface area contributed by atoms with E-state index in [-0.39, 0.29) is 25.1 Å². The van der Waals surface area contributed by atoms with E-state index >= 15 is 0 Å². The quantitative estimate of drug-likeness (QED) is 0.705. The Balaban J connectivity index is 1.51. The van der Waals surface area contributed by atoms with E-state index in [1.165, 1.54) is 13.2 Å². The average Bonchev–Trinajstić information content (AvgIpc) is 2.66. The second kappa shape index (κ2) is 8.95. The minimum Gasteiger partial charge on any atom is -0.461 e. The van der Waals surface area contributed by atoms with Gasteiger partial charge in [0.15, 0.2) is 0 Å². The predicted molar refractivity (Wildman–Crippen MR) is 99.1 cm³/mol. The van der Waals surface area contributed by atoms with Gasteiger partial charge in [-0.1, -0.05) is 30.3 Å². The van der Waals surface area contributed by atoms with Crippen LogP contribution in [0, 0.1) is 5.82 Å². The minimum atomic E-state index is -0.724. The highest BCUT2D eigenvalue weighted by atomic mass is 19.1. The summed E-state index contributed by atoms with van der Waals surface area (Å²) in [5, 5.41) is 2.61. The van der Waals surface area contributed by atoms with Gasteiger partial charge < -0.3 is 19.5 Å². The number of hydrogen-bond donors (Lipinski definition) is 1. The summed E-state index contributed by atoms with van der Waals surface area (Å²) >= 11 is 0. The Labute approximate surface area is 162 Å². The molecule has 0 saturated carbocycles. The fraction of sp³-hybridized carbons (Fsp3) is 0.333. The fourth-order valence-electron chi connectivity index (χ4n) is 2.86.